The Morgan fingerprint density at radius 1 is 1.27 bits per heavy atom. The van der Waals surface area contributed by atoms with Crippen molar-refractivity contribution >= 4 is 22.9 Å². The first-order chi connectivity index (χ1) is 7.24. The van der Waals surface area contributed by atoms with E-state index in [2.05, 4.69) is 70.2 Å². The maximum Gasteiger partial charge on any atom is 0.0335 e. The van der Waals surface area contributed by atoms with E-state index in [1.807, 2.05) is 0 Å². The van der Waals surface area contributed by atoms with Crippen molar-refractivity contribution in [2.75, 3.05) is 0 Å². The number of rotatable bonds is 6. The smallest absolute Gasteiger partial charge is 0.0335 e. The summed E-state index contributed by atoms with van der Waals surface area (Å²) in [4.78, 5) is 0. The fourth-order valence-electron chi connectivity index (χ4n) is 1.55. The quantitative estimate of drug-likeness (QED) is 0.555. The molecule has 0 saturated carbocycles. The van der Waals surface area contributed by atoms with Crippen LogP contribution in [-0.4, -0.2) is 9.16 Å². The Morgan fingerprint density at radius 3 is 2.53 bits per heavy atom. The maximum absolute atomic E-state index is 2.44. The standard InChI is InChI=1S/C13H20IN/c1-3-4-8-12(2)15(14)11-13-9-6-5-7-10-13/h5-7,9-10,12H,3-4,8,11H2,1-2H3. The summed E-state index contributed by atoms with van der Waals surface area (Å²) in [6.07, 6.45) is 3.92. The van der Waals surface area contributed by atoms with Gasteiger partial charge in [0.05, 0.1) is 0 Å². The van der Waals surface area contributed by atoms with Crippen LogP contribution in [0.15, 0.2) is 30.3 Å². The highest BCUT2D eigenvalue weighted by molar-refractivity contribution is 14.1. The summed E-state index contributed by atoms with van der Waals surface area (Å²) in [5.41, 5.74) is 1.40. The molecule has 1 atom stereocenters. The maximum atomic E-state index is 2.44. The Hall–Kier alpha value is -0.0900. The first-order valence-corrected chi connectivity index (χ1v) is 6.67. The molecule has 0 radical (unpaired) electrons. The van der Waals surface area contributed by atoms with E-state index in [4.69, 9.17) is 0 Å². The van der Waals surface area contributed by atoms with Crippen molar-refractivity contribution in [1.82, 2.24) is 3.11 Å². The van der Waals surface area contributed by atoms with Gasteiger partial charge in [0.1, 0.15) is 0 Å². The number of halogens is 1. The Balaban J connectivity index is 2.38. The fraction of sp³-hybridized carbons (Fsp3) is 0.538. The first-order valence-electron chi connectivity index (χ1n) is 5.70. The number of hydrogen-bond acceptors (Lipinski definition) is 1. The van der Waals surface area contributed by atoms with Gasteiger partial charge >= 0.3 is 0 Å². The molecule has 0 heterocycles. The van der Waals surface area contributed by atoms with Crippen molar-refractivity contribution in [3.05, 3.63) is 35.9 Å². The van der Waals surface area contributed by atoms with Crippen LogP contribution in [0.5, 0.6) is 0 Å². The van der Waals surface area contributed by atoms with E-state index in [9.17, 15) is 0 Å². The van der Waals surface area contributed by atoms with Gasteiger partial charge in [-0.1, -0.05) is 50.1 Å². The zero-order valence-corrected chi connectivity index (χ0v) is 11.8. The van der Waals surface area contributed by atoms with E-state index in [-0.39, 0.29) is 0 Å². The largest absolute Gasteiger partial charge is 0.240 e. The number of hydrogen-bond donors (Lipinski definition) is 0. The van der Waals surface area contributed by atoms with Crippen molar-refractivity contribution in [2.24, 2.45) is 0 Å². The summed E-state index contributed by atoms with van der Waals surface area (Å²) in [6.45, 7) is 5.61. The van der Waals surface area contributed by atoms with Gasteiger partial charge in [-0.2, -0.15) is 0 Å². The molecule has 0 N–H and O–H groups in total. The molecule has 1 aromatic rings. The molecule has 1 unspecified atom stereocenters. The zero-order chi connectivity index (χ0) is 11.1. The lowest BCUT2D eigenvalue weighted by molar-refractivity contribution is 0.371. The monoisotopic (exact) mass is 317 g/mol. The lowest BCUT2D eigenvalue weighted by Crippen LogP contribution is -2.22. The molecular formula is C13H20IN. The van der Waals surface area contributed by atoms with E-state index in [0.717, 1.165) is 6.54 Å². The second-order valence-corrected chi connectivity index (χ2v) is 5.27. The van der Waals surface area contributed by atoms with Gasteiger partial charge in [-0.15, -0.1) is 0 Å². The summed E-state index contributed by atoms with van der Waals surface area (Å²) in [7, 11) is 0. The predicted molar refractivity (Wildman–Crippen MR) is 75.0 cm³/mol. The molecule has 0 saturated heterocycles. The number of unbranched alkanes of at least 4 members (excludes halogenated alkanes) is 1. The first kappa shape index (κ1) is 13.0. The Morgan fingerprint density at radius 2 is 1.93 bits per heavy atom. The van der Waals surface area contributed by atoms with Crippen LogP contribution in [0.25, 0.3) is 0 Å². The van der Waals surface area contributed by atoms with Crippen molar-refractivity contribution in [3.63, 3.8) is 0 Å². The van der Waals surface area contributed by atoms with Gasteiger partial charge in [0.2, 0.25) is 0 Å². The summed E-state index contributed by atoms with van der Waals surface area (Å²) in [5.74, 6) is 0. The van der Waals surface area contributed by atoms with Crippen LogP contribution >= 0.6 is 22.9 Å². The van der Waals surface area contributed by atoms with Crippen molar-refractivity contribution in [3.8, 4) is 0 Å². The summed E-state index contributed by atoms with van der Waals surface area (Å²) < 4.78 is 2.41. The molecule has 1 nitrogen and oxygen atoms in total. The van der Waals surface area contributed by atoms with Crippen LogP contribution in [0.3, 0.4) is 0 Å². The highest BCUT2D eigenvalue weighted by Gasteiger charge is 2.10. The third-order valence-corrected chi connectivity index (χ3v) is 3.92. The topological polar surface area (TPSA) is 3.24 Å². The van der Waals surface area contributed by atoms with Crippen LogP contribution in [0.4, 0.5) is 0 Å². The second-order valence-electron chi connectivity index (χ2n) is 4.03. The normalized spacial score (nSPS) is 13.1. The average Bonchev–Trinajstić information content (AvgIpc) is 2.27. The molecule has 0 aliphatic heterocycles. The minimum absolute atomic E-state index is 0.672. The summed E-state index contributed by atoms with van der Waals surface area (Å²) >= 11 is 2.44. The SMILES string of the molecule is CCCCC(C)N(I)Cc1ccccc1. The molecule has 15 heavy (non-hydrogen) atoms. The van der Waals surface area contributed by atoms with Crippen molar-refractivity contribution in [1.29, 1.82) is 0 Å². The Labute approximate surface area is 107 Å². The third-order valence-electron chi connectivity index (χ3n) is 2.63. The van der Waals surface area contributed by atoms with Gasteiger partial charge in [0, 0.05) is 35.5 Å². The average molecular weight is 317 g/mol. The van der Waals surface area contributed by atoms with Crippen LogP contribution in [-0.2, 0) is 6.54 Å². The van der Waals surface area contributed by atoms with Gasteiger partial charge in [-0.05, 0) is 18.9 Å². The van der Waals surface area contributed by atoms with E-state index in [1.54, 1.807) is 0 Å². The molecule has 2 heteroatoms. The lowest BCUT2D eigenvalue weighted by atomic mass is 10.1. The molecule has 1 rings (SSSR count). The Bertz CT molecular complexity index is 260. The molecule has 1 aromatic carbocycles. The van der Waals surface area contributed by atoms with Crippen LogP contribution in [0.1, 0.15) is 38.7 Å². The van der Waals surface area contributed by atoms with Gasteiger partial charge in [-0.3, -0.25) is 0 Å². The van der Waals surface area contributed by atoms with Crippen LogP contribution in [0.2, 0.25) is 0 Å². The third kappa shape index (κ3) is 4.98. The van der Waals surface area contributed by atoms with E-state index >= 15 is 0 Å². The molecule has 84 valence electrons. The predicted octanol–water partition coefficient (Wildman–Crippen LogP) is 4.42. The molecular weight excluding hydrogens is 297 g/mol. The Kier molecular flexibility index (Phi) is 6.25. The number of benzene rings is 1. The van der Waals surface area contributed by atoms with Crippen LogP contribution < -0.4 is 0 Å². The number of nitrogens with zero attached hydrogens (tertiary/aromatic N) is 1. The fourth-order valence-corrected chi connectivity index (χ4v) is 2.23. The van der Waals surface area contributed by atoms with E-state index in [0.29, 0.717) is 6.04 Å². The van der Waals surface area contributed by atoms with Gasteiger partial charge in [-0.25, -0.2) is 3.11 Å². The van der Waals surface area contributed by atoms with Gasteiger partial charge < -0.3 is 0 Å². The highest BCUT2D eigenvalue weighted by Crippen LogP contribution is 2.16. The molecule has 0 amide bonds. The molecule has 0 spiro atoms. The molecule has 0 aromatic heterocycles. The minimum atomic E-state index is 0.672. The van der Waals surface area contributed by atoms with E-state index < -0.39 is 0 Å². The molecule has 0 fully saturated rings. The molecule has 0 aliphatic carbocycles. The lowest BCUT2D eigenvalue weighted by Gasteiger charge is -2.22. The molecule has 0 bridgehead atoms. The van der Waals surface area contributed by atoms with Gasteiger partial charge in [0.15, 0.2) is 0 Å². The molecule has 0 aliphatic rings. The summed E-state index contributed by atoms with van der Waals surface area (Å²) in [6, 6.07) is 11.3. The highest BCUT2D eigenvalue weighted by atomic mass is 127. The summed E-state index contributed by atoms with van der Waals surface area (Å²) in [5, 5.41) is 0. The second kappa shape index (κ2) is 7.23. The van der Waals surface area contributed by atoms with Crippen LogP contribution in [0, 0.1) is 0 Å². The zero-order valence-electron chi connectivity index (χ0n) is 9.62. The minimum Gasteiger partial charge on any atom is -0.240 e. The van der Waals surface area contributed by atoms with E-state index in [1.165, 1.54) is 24.8 Å². The van der Waals surface area contributed by atoms with Crippen molar-refractivity contribution < 1.29 is 0 Å². The van der Waals surface area contributed by atoms with Gasteiger partial charge in [0.25, 0.3) is 0 Å². The van der Waals surface area contributed by atoms with Crippen molar-refractivity contribution in [2.45, 2.75) is 45.7 Å².